The molecule has 3 rings (SSSR count). The van der Waals surface area contributed by atoms with Crippen molar-refractivity contribution in [2.45, 2.75) is 141 Å². The molecule has 3 fully saturated rings. The number of rotatable bonds is 14. The van der Waals surface area contributed by atoms with Crippen LogP contribution >= 0.6 is 0 Å². The van der Waals surface area contributed by atoms with Crippen molar-refractivity contribution in [2.75, 3.05) is 13.2 Å². The third-order valence-electron chi connectivity index (χ3n) is 8.89. The van der Waals surface area contributed by atoms with Crippen LogP contribution in [0, 0.1) is 5.92 Å². The predicted octanol–water partition coefficient (Wildman–Crippen LogP) is 2.78. The van der Waals surface area contributed by atoms with Crippen LogP contribution < -0.4 is 16.0 Å². The molecule has 0 saturated carbocycles. The predicted molar refractivity (Wildman–Crippen MR) is 176 cm³/mol. The van der Waals surface area contributed by atoms with Crippen molar-refractivity contribution in [2.24, 2.45) is 5.92 Å². The van der Waals surface area contributed by atoms with E-state index in [0.29, 0.717) is 26.0 Å². The Hall–Kier alpha value is -3.06. The van der Waals surface area contributed by atoms with Gasteiger partial charge in [-0.3, -0.25) is 19.2 Å². The number of ether oxygens (including phenoxy) is 4. The van der Waals surface area contributed by atoms with Crippen LogP contribution in [0.4, 0.5) is 0 Å². The summed E-state index contributed by atoms with van der Waals surface area (Å²) in [4.78, 5) is 48.8. The second-order valence-corrected chi connectivity index (χ2v) is 13.8. The first-order valence-corrected chi connectivity index (χ1v) is 16.8. The Balaban J connectivity index is 1.52. The molecule has 3 amide bonds. The minimum atomic E-state index is -1.06. The summed E-state index contributed by atoms with van der Waals surface area (Å²) in [7, 11) is 0. The Kier molecular flexibility index (Phi) is 13.8. The van der Waals surface area contributed by atoms with Crippen LogP contribution in [-0.2, 0) is 38.1 Å². The molecule has 264 valence electrons. The van der Waals surface area contributed by atoms with Crippen LogP contribution in [0.25, 0.3) is 0 Å². The molecule has 3 aliphatic rings. The number of hydrogen-bond acceptors (Lipinski definition) is 9. The molecule has 0 aromatic rings. The molecule has 12 heteroatoms. The van der Waals surface area contributed by atoms with Crippen molar-refractivity contribution in [1.29, 1.82) is 0 Å². The minimum Gasteiger partial charge on any atom is -0.459 e. The number of nitrogens with one attached hydrogen (secondary N) is 3. The van der Waals surface area contributed by atoms with Gasteiger partial charge in [-0.25, -0.2) is 0 Å². The van der Waals surface area contributed by atoms with Gasteiger partial charge in [0, 0.05) is 26.0 Å². The van der Waals surface area contributed by atoms with Crippen molar-refractivity contribution in [3.8, 4) is 0 Å². The van der Waals surface area contributed by atoms with E-state index in [4.69, 9.17) is 18.9 Å². The Morgan fingerprint density at radius 2 is 1.83 bits per heavy atom. The zero-order chi connectivity index (χ0) is 34.9. The molecular weight excluding hydrogens is 606 g/mol. The number of aliphatic hydroxyl groups excluding tert-OH is 1. The van der Waals surface area contributed by atoms with Gasteiger partial charge in [0.25, 0.3) is 0 Å². The number of allylic oxidation sites excluding steroid dienone is 2. The monoisotopic (exact) mass is 661 g/mol. The lowest BCUT2D eigenvalue weighted by Crippen LogP contribution is -2.56. The number of amides is 3. The summed E-state index contributed by atoms with van der Waals surface area (Å²) in [6.45, 7) is 15.3. The first kappa shape index (κ1) is 38.4. The van der Waals surface area contributed by atoms with Gasteiger partial charge in [-0.05, 0) is 65.9 Å². The van der Waals surface area contributed by atoms with Gasteiger partial charge in [0.2, 0.25) is 17.7 Å². The minimum absolute atomic E-state index is 0.0307. The molecule has 0 aliphatic carbocycles. The average Bonchev–Trinajstić information content (AvgIpc) is 3.75. The summed E-state index contributed by atoms with van der Waals surface area (Å²) in [6.07, 6.45) is 8.68. The first-order valence-electron chi connectivity index (χ1n) is 16.8. The van der Waals surface area contributed by atoms with E-state index in [0.717, 1.165) is 18.4 Å². The summed E-state index contributed by atoms with van der Waals surface area (Å²) in [5.74, 6) is -1.02. The molecule has 1 unspecified atom stereocenters. The molecule has 0 bridgehead atoms. The number of hydrogen-bond donors (Lipinski definition) is 4. The second-order valence-electron chi connectivity index (χ2n) is 13.8. The third-order valence-corrected chi connectivity index (χ3v) is 8.89. The molecule has 0 radical (unpaired) electrons. The van der Waals surface area contributed by atoms with Crippen molar-refractivity contribution in [3.05, 3.63) is 36.0 Å². The zero-order valence-corrected chi connectivity index (χ0v) is 29.2. The number of carbonyl (C=O) groups is 4. The number of esters is 1. The van der Waals surface area contributed by atoms with E-state index >= 15 is 0 Å². The summed E-state index contributed by atoms with van der Waals surface area (Å²) in [5, 5.41) is 19.6. The van der Waals surface area contributed by atoms with Gasteiger partial charge in [0.15, 0.2) is 0 Å². The molecule has 1 spiro atoms. The lowest BCUT2D eigenvalue weighted by molar-refractivity contribution is -0.147. The van der Waals surface area contributed by atoms with Gasteiger partial charge in [-0.15, -0.1) is 0 Å². The molecule has 0 aromatic carbocycles. The molecule has 9 atom stereocenters. The van der Waals surface area contributed by atoms with Crippen molar-refractivity contribution < 1.29 is 43.2 Å². The van der Waals surface area contributed by atoms with E-state index in [1.165, 1.54) is 13.0 Å². The maximum Gasteiger partial charge on any atom is 0.303 e. The van der Waals surface area contributed by atoms with Crippen LogP contribution in [0.3, 0.4) is 0 Å². The Morgan fingerprint density at radius 1 is 1.13 bits per heavy atom. The van der Waals surface area contributed by atoms with Crippen molar-refractivity contribution in [3.63, 3.8) is 0 Å². The number of epoxide rings is 1. The van der Waals surface area contributed by atoms with E-state index < -0.39 is 41.5 Å². The Labute approximate surface area is 279 Å². The van der Waals surface area contributed by atoms with Gasteiger partial charge in [-0.2, -0.15) is 0 Å². The smallest absolute Gasteiger partial charge is 0.303 e. The van der Waals surface area contributed by atoms with Crippen molar-refractivity contribution in [1.82, 2.24) is 16.0 Å². The van der Waals surface area contributed by atoms with E-state index in [-0.39, 0.29) is 48.3 Å². The fraction of sp³-hybridized carbons (Fsp3) is 0.714. The molecule has 0 aromatic heterocycles. The van der Waals surface area contributed by atoms with Crippen LogP contribution in [0.1, 0.15) is 87.5 Å². The lowest BCUT2D eigenvalue weighted by Gasteiger charge is -2.39. The highest BCUT2D eigenvalue weighted by Crippen LogP contribution is 2.43. The molecule has 3 saturated heterocycles. The number of aliphatic hydroxyl groups is 1. The highest BCUT2D eigenvalue weighted by atomic mass is 16.6. The largest absolute Gasteiger partial charge is 0.459 e. The fourth-order valence-corrected chi connectivity index (χ4v) is 6.01. The van der Waals surface area contributed by atoms with Crippen LogP contribution in [0.5, 0.6) is 0 Å². The quantitative estimate of drug-likeness (QED) is 0.0948. The van der Waals surface area contributed by atoms with Crippen LogP contribution in [0.2, 0.25) is 0 Å². The van der Waals surface area contributed by atoms with Gasteiger partial charge in [-0.1, -0.05) is 37.6 Å². The molecule has 3 heterocycles. The zero-order valence-electron chi connectivity index (χ0n) is 29.2. The molecule has 47 heavy (non-hydrogen) atoms. The summed E-state index contributed by atoms with van der Waals surface area (Å²) in [6, 6.07) is -0.145. The second kappa shape index (κ2) is 16.9. The maximum absolute atomic E-state index is 12.9. The van der Waals surface area contributed by atoms with Crippen molar-refractivity contribution >= 4 is 23.7 Å². The van der Waals surface area contributed by atoms with E-state index in [9.17, 15) is 24.3 Å². The molecular formula is C35H55N3O9. The van der Waals surface area contributed by atoms with E-state index in [1.807, 2.05) is 26.8 Å². The van der Waals surface area contributed by atoms with Gasteiger partial charge in [0.05, 0.1) is 37.4 Å². The Morgan fingerprint density at radius 3 is 2.47 bits per heavy atom. The van der Waals surface area contributed by atoms with Gasteiger partial charge < -0.3 is 40.0 Å². The highest BCUT2D eigenvalue weighted by Gasteiger charge is 2.58. The molecule has 4 N–H and O–H groups in total. The van der Waals surface area contributed by atoms with Crippen LogP contribution in [-0.4, -0.2) is 95.8 Å². The molecule has 12 nitrogen and oxygen atoms in total. The standard InChI is InChI=1S/C35H55N3O9/c1-9-16-36-33(43)34(7,8)38-31(41)18-26-19-35(20-44-35)32(42)29(47-26)14-11-21(2)10-13-28-22(3)17-27(24(5)46-28)37-30(40)15-12-23(4)45-25(6)39/h10-12,14-15,22-24,26-29,32,42H,9,13,16-20H2,1-8H3,(H,36,43)(H,37,40)(H,38,41)/b14-11+,15-12?,21-10+/t22-,23?,24+,26+,27+,28-,29+,32+,35+/m0/s1. The topological polar surface area (TPSA) is 165 Å². The van der Waals surface area contributed by atoms with E-state index in [2.05, 4.69) is 29.0 Å². The van der Waals surface area contributed by atoms with Crippen LogP contribution in [0.15, 0.2) is 36.0 Å². The summed E-state index contributed by atoms with van der Waals surface area (Å²) < 4.78 is 23.1. The third kappa shape index (κ3) is 11.5. The normalized spacial score (nSPS) is 31.9. The first-order chi connectivity index (χ1) is 22.0. The fourth-order valence-electron chi connectivity index (χ4n) is 6.01. The van der Waals surface area contributed by atoms with Gasteiger partial charge >= 0.3 is 5.97 Å². The average molecular weight is 662 g/mol. The lowest BCUT2D eigenvalue weighted by atomic mass is 9.87. The summed E-state index contributed by atoms with van der Waals surface area (Å²) >= 11 is 0. The molecule has 3 aliphatic heterocycles. The summed E-state index contributed by atoms with van der Waals surface area (Å²) in [5.41, 5.74) is -0.823. The SMILES string of the molecule is CCCNC(=O)C(C)(C)NC(=O)C[C@@H]1C[C@@]2(CO2)[C@H](O)[C@@H](/C=C/C(C)=C/C[C@@H]2O[C@H](C)[C@H](NC(=O)C=CC(C)OC(C)=O)C[C@@H]2C)O1. The maximum atomic E-state index is 12.9. The van der Waals surface area contributed by atoms with E-state index in [1.54, 1.807) is 32.9 Å². The van der Waals surface area contributed by atoms with Gasteiger partial charge in [0.1, 0.15) is 29.5 Å². The number of carbonyl (C=O) groups excluding carboxylic acids is 4. The Bertz CT molecular complexity index is 1210. The highest BCUT2D eigenvalue weighted by molar-refractivity contribution is 5.90.